The van der Waals surface area contributed by atoms with Crippen LogP contribution in [0.3, 0.4) is 0 Å². The van der Waals surface area contributed by atoms with Crippen LogP contribution in [0, 0.1) is 15.9 Å². The fraction of sp³-hybridized carbons (Fsp3) is 0.0149. The Morgan fingerprint density at radius 3 is 1.59 bits per heavy atom. The van der Waals surface area contributed by atoms with Crippen LogP contribution < -0.4 is 4.74 Å². The van der Waals surface area contributed by atoms with Gasteiger partial charge in [0.15, 0.2) is 0 Å². The second-order valence-electron chi connectivity index (χ2n) is 18.7. The molecule has 10 aromatic carbocycles. The molecule has 1 spiro atoms. The van der Waals surface area contributed by atoms with Gasteiger partial charge in [0, 0.05) is 6.20 Å². The number of ether oxygens (including phenoxy) is 1. The first-order chi connectivity index (χ1) is 36.1. The van der Waals surface area contributed by atoms with E-state index >= 15 is 0 Å². The molecule has 0 saturated carbocycles. The average molecular weight is 1110 g/mol. The van der Waals surface area contributed by atoms with Crippen LogP contribution in [-0.2, 0) is 24.8 Å². The predicted molar refractivity (Wildman–Crippen MR) is 289 cm³/mol. The van der Waals surface area contributed by atoms with Gasteiger partial charge in [0.05, 0.1) is 5.41 Å². The number of hydrogen-bond donors (Lipinski definition) is 0. The van der Waals surface area contributed by atoms with E-state index in [4.69, 9.17) is 9.72 Å². The first-order valence-corrected chi connectivity index (χ1v) is 25.7. The summed E-state index contributed by atoms with van der Waals surface area (Å²) in [6.07, 6.45) is 1.86. The van der Waals surface area contributed by atoms with Gasteiger partial charge in [-0.3, -0.25) is 0 Å². The van der Waals surface area contributed by atoms with Gasteiger partial charge in [0.25, 0.3) is 0 Å². The molecule has 3 aromatic heterocycles. The Hall–Kier alpha value is -8.89. The molecule has 0 N–H and O–H groups in total. The van der Waals surface area contributed by atoms with Crippen molar-refractivity contribution in [1.29, 1.82) is 0 Å². The molecule has 6 heteroatoms. The van der Waals surface area contributed by atoms with Gasteiger partial charge in [0.2, 0.25) is 0 Å². The van der Waals surface area contributed by atoms with Gasteiger partial charge < -0.3 is 0 Å². The minimum atomic E-state index is -0.477. The van der Waals surface area contributed by atoms with Gasteiger partial charge >= 0.3 is 294 Å². The van der Waals surface area contributed by atoms with Crippen molar-refractivity contribution in [3.63, 3.8) is 0 Å². The summed E-state index contributed by atoms with van der Waals surface area (Å²) in [5, 5.41) is 2.21. The van der Waals surface area contributed by atoms with Crippen molar-refractivity contribution >= 4 is 32.8 Å². The predicted octanol–water partition coefficient (Wildman–Crippen LogP) is 16.1. The topological polar surface area (TPSA) is 36.9 Å². The number of pyridine rings is 1. The van der Waals surface area contributed by atoms with E-state index in [1.807, 2.05) is 36.5 Å². The first kappa shape index (κ1) is 41.8. The Morgan fingerprint density at radius 1 is 0.397 bits per heavy atom. The molecule has 0 radical (unpaired) electrons. The summed E-state index contributed by atoms with van der Waals surface area (Å²) in [6, 6.07) is 92.1. The SMILES string of the molecule is [Pt]=[c]1n(-c2[c-]c(Oc3[c-]c4c(cc3)c3cc5c(cc3n4-c3ccccn3)C3(c4ccccc4-c4ccccc43)c3ccccc3-5)ccc2)c2ccccc2n1-c1c(-c2ccccc2)cccc1-c1ccccc1. The van der Waals surface area contributed by atoms with Crippen molar-refractivity contribution in [2.75, 3.05) is 0 Å². The molecule has 13 aromatic rings. The molecule has 346 valence electrons. The summed E-state index contributed by atoms with van der Waals surface area (Å²) in [4.78, 5) is 4.97. The molecule has 73 heavy (non-hydrogen) atoms. The van der Waals surface area contributed by atoms with Crippen LogP contribution in [0.5, 0.6) is 11.5 Å². The third-order valence-electron chi connectivity index (χ3n) is 15.0. The van der Waals surface area contributed by atoms with Crippen LogP contribution in [0.4, 0.5) is 0 Å². The maximum absolute atomic E-state index is 6.85. The zero-order valence-corrected chi connectivity index (χ0v) is 41.4. The van der Waals surface area contributed by atoms with E-state index in [2.05, 4.69) is 251 Å². The van der Waals surface area contributed by atoms with Crippen LogP contribution >= 0.6 is 0 Å². The quantitative estimate of drug-likeness (QED) is 0.149. The number of imidazole rings is 1. The molecule has 3 heterocycles. The van der Waals surface area contributed by atoms with E-state index in [-0.39, 0.29) is 0 Å². The molecule has 0 saturated heterocycles. The van der Waals surface area contributed by atoms with Crippen LogP contribution in [0.2, 0.25) is 0 Å². The molecular weight excluding hydrogens is 1070 g/mol. The van der Waals surface area contributed by atoms with Crippen molar-refractivity contribution < 1.29 is 24.1 Å². The van der Waals surface area contributed by atoms with E-state index in [0.717, 1.165) is 76.1 Å². The van der Waals surface area contributed by atoms with Crippen LogP contribution in [0.25, 0.3) is 94.5 Å². The molecular formula is C67H40N4OPt-2. The van der Waals surface area contributed by atoms with Crippen molar-refractivity contribution in [1.82, 2.24) is 18.7 Å². The second-order valence-corrected chi connectivity index (χ2v) is 19.8. The zero-order chi connectivity index (χ0) is 48.2. The molecule has 0 fully saturated rings. The molecule has 15 rings (SSSR count). The number of hydrogen-bond acceptors (Lipinski definition) is 2. The van der Waals surface area contributed by atoms with Gasteiger partial charge in [-0.05, 0) is 50.6 Å². The van der Waals surface area contributed by atoms with Gasteiger partial charge in [-0.15, -0.1) is 0 Å². The van der Waals surface area contributed by atoms with E-state index < -0.39 is 5.41 Å². The molecule has 0 unspecified atom stereocenters. The first-order valence-electron chi connectivity index (χ1n) is 24.5. The molecule has 0 bridgehead atoms. The Bertz CT molecular complexity index is 4330. The molecule has 2 aliphatic carbocycles. The normalized spacial score (nSPS) is 12.8. The van der Waals surface area contributed by atoms with Crippen LogP contribution in [0.1, 0.15) is 22.3 Å². The summed E-state index contributed by atoms with van der Waals surface area (Å²) in [5.74, 6) is 1.98. The number of para-hydroxylation sites is 3. The fourth-order valence-corrected chi connectivity index (χ4v) is 13.1. The van der Waals surface area contributed by atoms with Crippen molar-refractivity contribution in [3.8, 4) is 73.2 Å². The number of fused-ring (bicyclic) bond motifs is 14. The third-order valence-corrected chi connectivity index (χ3v) is 16.0. The van der Waals surface area contributed by atoms with Crippen molar-refractivity contribution in [3.05, 3.63) is 281 Å². The van der Waals surface area contributed by atoms with E-state index in [0.29, 0.717) is 11.5 Å². The summed E-state index contributed by atoms with van der Waals surface area (Å²) >= 11 is 2.48. The summed E-state index contributed by atoms with van der Waals surface area (Å²) in [6.45, 7) is 0. The van der Waals surface area contributed by atoms with Crippen molar-refractivity contribution in [2.24, 2.45) is 0 Å². The number of nitrogens with zero attached hydrogens (tertiary/aromatic N) is 4. The Kier molecular flexibility index (Phi) is 9.36. The molecule has 5 nitrogen and oxygen atoms in total. The van der Waals surface area contributed by atoms with E-state index in [1.54, 1.807) is 0 Å². The Balaban J connectivity index is 0.887. The summed E-state index contributed by atoms with van der Waals surface area (Å²) in [7, 11) is 0. The van der Waals surface area contributed by atoms with Gasteiger partial charge in [-0.2, -0.15) is 0 Å². The van der Waals surface area contributed by atoms with Gasteiger partial charge in [-0.25, -0.2) is 0 Å². The maximum atomic E-state index is 6.85. The van der Waals surface area contributed by atoms with Gasteiger partial charge in [0.1, 0.15) is 0 Å². The average Bonchev–Trinajstić information content (AvgIpc) is 4.17. The number of aromatic nitrogens is 4. The summed E-state index contributed by atoms with van der Waals surface area (Å²) in [5.41, 5.74) is 20.5. The summed E-state index contributed by atoms with van der Waals surface area (Å²) < 4.78 is 14.8. The van der Waals surface area contributed by atoms with E-state index in [1.165, 1.54) is 44.5 Å². The standard InChI is InChI=1S/C67H40N4O.Pt/c1-3-19-44(20-4-1)49-28-18-29-50(45-21-5-2-6-22-45)66(49)70-43-69(61-33-13-14-34-62(61)70)46-23-17-24-47(39-46)72-48-36-37-54-56-41-55-53-27-9-12-32-59(53)67(57-30-10-7-25-51(57)52-26-8-11-31-58(52)67)60(55)42-64(56)71(63(54)40-48)65-35-15-16-38-68-65;/h1-38,41-42H;/q-2;. The van der Waals surface area contributed by atoms with Crippen LogP contribution in [0.15, 0.2) is 243 Å². The van der Waals surface area contributed by atoms with Crippen molar-refractivity contribution in [2.45, 2.75) is 5.41 Å². The monoisotopic (exact) mass is 1110 g/mol. The van der Waals surface area contributed by atoms with Gasteiger partial charge in [-0.1, -0.05) is 78.9 Å². The number of benzene rings is 10. The van der Waals surface area contributed by atoms with E-state index in [9.17, 15) is 0 Å². The minimum absolute atomic E-state index is 0.477. The molecule has 0 aliphatic heterocycles. The molecule has 2 aliphatic rings. The molecule has 0 amide bonds. The second kappa shape index (κ2) is 16.3. The molecule has 0 atom stereocenters. The Labute approximate surface area is 432 Å². The Morgan fingerprint density at radius 2 is 0.945 bits per heavy atom. The third kappa shape index (κ3) is 6.13. The fourth-order valence-electron chi connectivity index (χ4n) is 12.1. The van der Waals surface area contributed by atoms with Crippen LogP contribution in [-0.4, -0.2) is 18.7 Å². The number of rotatable bonds is 7. The zero-order valence-electron chi connectivity index (χ0n) is 39.1.